The predicted molar refractivity (Wildman–Crippen MR) is 130 cm³/mol. The molecule has 0 fully saturated rings. The van der Waals surface area contributed by atoms with Gasteiger partial charge in [-0.25, -0.2) is 4.90 Å². The highest BCUT2D eigenvalue weighted by atomic mass is 35.5. The highest BCUT2D eigenvalue weighted by Gasteiger charge is 2.41. The van der Waals surface area contributed by atoms with Gasteiger partial charge in [0.2, 0.25) is 0 Å². The van der Waals surface area contributed by atoms with Gasteiger partial charge in [-0.3, -0.25) is 9.59 Å². The van der Waals surface area contributed by atoms with Crippen LogP contribution in [0.1, 0.15) is 16.7 Å². The topological polar surface area (TPSA) is 67.9 Å². The fourth-order valence-corrected chi connectivity index (χ4v) is 3.87. The van der Waals surface area contributed by atoms with Crippen molar-refractivity contribution < 1.29 is 19.1 Å². The van der Waals surface area contributed by atoms with E-state index in [0.29, 0.717) is 33.5 Å². The molecule has 0 radical (unpaired) electrons. The third-order valence-corrected chi connectivity index (χ3v) is 5.99. The molecule has 33 heavy (non-hydrogen) atoms. The molecule has 0 atom stereocenters. The van der Waals surface area contributed by atoms with Gasteiger partial charge in [-0.1, -0.05) is 47.5 Å². The molecule has 0 unspecified atom stereocenters. The molecule has 0 bridgehead atoms. The molecule has 168 valence electrons. The molecular formula is C26H23ClN2O4. The van der Waals surface area contributed by atoms with E-state index < -0.39 is 11.8 Å². The molecule has 1 aliphatic rings. The van der Waals surface area contributed by atoms with E-state index in [4.69, 9.17) is 21.1 Å². The number of amides is 2. The summed E-state index contributed by atoms with van der Waals surface area (Å²) >= 11 is 6.28. The van der Waals surface area contributed by atoms with Gasteiger partial charge in [0.25, 0.3) is 11.8 Å². The summed E-state index contributed by atoms with van der Waals surface area (Å²) in [5, 5.41) is 3.73. The van der Waals surface area contributed by atoms with Crippen molar-refractivity contribution >= 4 is 40.4 Å². The Morgan fingerprint density at radius 2 is 1.61 bits per heavy atom. The Balaban J connectivity index is 1.86. The second-order valence-electron chi connectivity index (χ2n) is 7.64. The molecule has 0 aromatic heterocycles. The Morgan fingerprint density at radius 3 is 2.27 bits per heavy atom. The smallest absolute Gasteiger partial charge is 0.282 e. The molecule has 4 rings (SSSR count). The normalized spacial score (nSPS) is 13.5. The van der Waals surface area contributed by atoms with E-state index in [0.717, 1.165) is 16.0 Å². The number of methoxy groups -OCH3 is 2. The van der Waals surface area contributed by atoms with Gasteiger partial charge in [-0.05, 0) is 49.2 Å². The first-order chi connectivity index (χ1) is 15.8. The largest absolute Gasteiger partial charge is 0.497 e. The van der Waals surface area contributed by atoms with Gasteiger partial charge in [0.15, 0.2) is 0 Å². The van der Waals surface area contributed by atoms with E-state index in [-0.39, 0.29) is 11.3 Å². The molecule has 6 nitrogen and oxygen atoms in total. The van der Waals surface area contributed by atoms with Gasteiger partial charge in [0, 0.05) is 16.8 Å². The maximum Gasteiger partial charge on any atom is 0.282 e. The van der Waals surface area contributed by atoms with Crippen molar-refractivity contribution in [1.29, 1.82) is 0 Å². The van der Waals surface area contributed by atoms with E-state index in [9.17, 15) is 9.59 Å². The van der Waals surface area contributed by atoms with E-state index in [1.54, 1.807) is 30.3 Å². The van der Waals surface area contributed by atoms with Crippen molar-refractivity contribution in [2.75, 3.05) is 24.4 Å². The van der Waals surface area contributed by atoms with Crippen molar-refractivity contribution in [3.63, 3.8) is 0 Å². The molecule has 1 N–H and O–H groups in total. The number of carbonyl (C=O) groups excluding carboxylic acids is 2. The summed E-state index contributed by atoms with van der Waals surface area (Å²) in [6.07, 6.45) is 0. The molecule has 0 saturated carbocycles. The third kappa shape index (κ3) is 4.05. The molecule has 3 aromatic rings. The van der Waals surface area contributed by atoms with Crippen LogP contribution in [0.3, 0.4) is 0 Å². The highest BCUT2D eigenvalue weighted by molar-refractivity contribution is 6.46. The summed E-state index contributed by atoms with van der Waals surface area (Å²) in [4.78, 5) is 28.4. The second-order valence-corrected chi connectivity index (χ2v) is 8.04. The van der Waals surface area contributed by atoms with E-state index in [2.05, 4.69) is 5.32 Å². The van der Waals surface area contributed by atoms with Crippen LogP contribution < -0.4 is 19.7 Å². The maximum absolute atomic E-state index is 13.7. The molecule has 1 aliphatic heterocycles. The van der Waals surface area contributed by atoms with Gasteiger partial charge < -0.3 is 14.8 Å². The van der Waals surface area contributed by atoms with Crippen molar-refractivity contribution in [2.45, 2.75) is 13.8 Å². The van der Waals surface area contributed by atoms with E-state index in [1.807, 2.05) is 44.2 Å². The van der Waals surface area contributed by atoms with Gasteiger partial charge in [0.05, 0.1) is 25.5 Å². The SMILES string of the molecule is COc1ccc(N2C(=O)C(Nc3cccc(Cl)c3C)=C(c3ccc(C)cc3)C2=O)c(OC)c1. The first-order valence-electron chi connectivity index (χ1n) is 10.3. The quantitative estimate of drug-likeness (QED) is 0.499. The lowest BCUT2D eigenvalue weighted by Gasteiger charge is -2.19. The average molecular weight is 463 g/mol. The molecule has 3 aromatic carbocycles. The van der Waals surface area contributed by atoms with Gasteiger partial charge in [-0.15, -0.1) is 0 Å². The first kappa shape index (κ1) is 22.4. The number of hydrogen-bond acceptors (Lipinski definition) is 5. The molecule has 1 heterocycles. The Labute approximate surface area is 197 Å². The Morgan fingerprint density at radius 1 is 0.879 bits per heavy atom. The van der Waals surface area contributed by atoms with Crippen molar-refractivity contribution in [3.8, 4) is 11.5 Å². The molecule has 0 saturated heterocycles. The lowest BCUT2D eigenvalue weighted by molar-refractivity contribution is -0.120. The van der Waals surface area contributed by atoms with Crippen LogP contribution in [0.25, 0.3) is 5.57 Å². The minimum Gasteiger partial charge on any atom is -0.497 e. The fraction of sp³-hybridized carbons (Fsp3) is 0.154. The van der Waals surface area contributed by atoms with Crippen LogP contribution in [0.4, 0.5) is 11.4 Å². The van der Waals surface area contributed by atoms with Gasteiger partial charge in [0.1, 0.15) is 17.2 Å². The van der Waals surface area contributed by atoms with Crippen LogP contribution in [0, 0.1) is 13.8 Å². The van der Waals surface area contributed by atoms with Gasteiger partial charge >= 0.3 is 0 Å². The van der Waals surface area contributed by atoms with Crippen LogP contribution in [-0.2, 0) is 9.59 Å². The first-order valence-corrected chi connectivity index (χ1v) is 10.7. The number of imide groups is 1. The van der Waals surface area contributed by atoms with Crippen LogP contribution in [0.5, 0.6) is 11.5 Å². The lowest BCUT2D eigenvalue weighted by atomic mass is 10.0. The summed E-state index contributed by atoms with van der Waals surface area (Å²) in [5.41, 5.74) is 3.88. The number of rotatable bonds is 6. The third-order valence-electron chi connectivity index (χ3n) is 5.58. The molecule has 0 spiro atoms. The number of halogens is 1. The lowest BCUT2D eigenvalue weighted by Crippen LogP contribution is -2.32. The monoisotopic (exact) mass is 462 g/mol. The van der Waals surface area contributed by atoms with Crippen LogP contribution >= 0.6 is 11.6 Å². The number of hydrogen-bond donors (Lipinski definition) is 1. The molecule has 2 amide bonds. The summed E-state index contributed by atoms with van der Waals surface area (Å²) in [6.45, 7) is 3.81. The number of carbonyl (C=O) groups is 2. The number of ether oxygens (including phenoxy) is 2. The van der Waals surface area contributed by atoms with Crippen LogP contribution in [-0.4, -0.2) is 26.0 Å². The summed E-state index contributed by atoms with van der Waals surface area (Å²) in [7, 11) is 3.01. The Kier molecular flexibility index (Phi) is 6.11. The molecule has 7 heteroatoms. The minimum atomic E-state index is -0.488. The predicted octanol–water partition coefficient (Wildman–Crippen LogP) is 5.37. The zero-order chi connectivity index (χ0) is 23.7. The van der Waals surface area contributed by atoms with Crippen molar-refractivity contribution in [1.82, 2.24) is 0 Å². The number of nitrogens with zero attached hydrogens (tertiary/aromatic N) is 1. The number of aryl methyl sites for hydroxylation is 1. The van der Waals surface area contributed by atoms with E-state index >= 15 is 0 Å². The number of nitrogens with one attached hydrogen (secondary N) is 1. The highest BCUT2D eigenvalue weighted by Crippen LogP contribution is 2.40. The standard InChI is InChI=1S/C26H23ClN2O4/c1-15-8-10-17(11-9-15)23-24(28-20-7-5-6-19(27)16(20)2)26(31)29(25(23)30)21-13-12-18(32-3)14-22(21)33-4/h5-14,28H,1-4H3. The zero-order valence-corrected chi connectivity index (χ0v) is 19.5. The maximum atomic E-state index is 13.7. The van der Waals surface area contributed by atoms with Gasteiger partial charge in [-0.2, -0.15) is 0 Å². The molecular weight excluding hydrogens is 440 g/mol. The second kappa shape index (κ2) is 9.00. The zero-order valence-electron chi connectivity index (χ0n) is 18.7. The number of anilines is 2. The average Bonchev–Trinajstić information content (AvgIpc) is 3.06. The number of benzene rings is 3. The summed E-state index contributed by atoms with van der Waals surface area (Å²) in [6, 6.07) is 17.8. The molecule has 0 aliphatic carbocycles. The van der Waals surface area contributed by atoms with Crippen molar-refractivity contribution in [2.24, 2.45) is 0 Å². The Bertz CT molecular complexity index is 1280. The van der Waals surface area contributed by atoms with Crippen LogP contribution in [0.15, 0.2) is 66.4 Å². The van der Waals surface area contributed by atoms with Crippen molar-refractivity contribution in [3.05, 3.63) is 88.1 Å². The fourth-order valence-electron chi connectivity index (χ4n) is 3.70. The summed E-state index contributed by atoms with van der Waals surface area (Å²) in [5.74, 6) is -0.0401. The minimum absolute atomic E-state index is 0.173. The van der Waals surface area contributed by atoms with Crippen LogP contribution in [0.2, 0.25) is 5.02 Å². The Hall–Kier alpha value is -3.77. The van der Waals surface area contributed by atoms with E-state index in [1.165, 1.54) is 14.2 Å². The summed E-state index contributed by atoms with van der Waals surface area (Å²) < 4.78 is 10.7.